The predicted molar refractivity (Wildman–Crippen MR) is 94.9 cm³/mol. The third-order valence-corrected chi connectivity index (χ3v) is 4.82. The number of nitrogen functional groups attached to an aromatic ring is 1. The maximum absolute atomic E-state index is 12.1. The molecule has 24 heavy (non-hydrogen) atoms. The Hall–Kier alpha value is -2.91. The molecule has 0 spiro atoms. The van der Waals surface area contributed by atoms with Crippen molar-refractivity contribution in [1.82, 2.24) is 4.98 Å². The van der Waals surface area contributed by atoms with Crippen molar-refractivity contribution in [2.24, 2.45) is 0 Å². The number of nitrogens with zero attached hydrogens (tertiary/aromatic N) is 2. The first-order valence-corrected chi connectivity index (χ1v) is 8.25. The number of fused-ring (bicyclic) bond motifs is 1. The molecule has 2 N–H and O–H groups in total. The number of carbonyl (C=O) groups is 1. The first-order chi connectivity index (χ1) is 11.6. The van der Waals surface area contributed by atoms with Crippen LogP contribution in [0, 0.1) is 18.3 Å². The Morgan fingerprint density at radius 1 is 1.38 bits per heavy atom. The summed E-state index contributed by atoms with van der Waals surface area (Å²) < 4.78 is 5.04. The molecule has 120 valence electrons. The molecular weight excluding hydrogens is 322 g/mol. The van der Waals surface area contributed by atoms with E-state index in [2.05, 4.69) is 11.1 Å². The number of esters is 1. The van der Waals surface area contributed by atoms with Gasteiger partial charge in [0.25, 0.3) is 0 Å². The average Bonchev–Trinajstić information content (AvgIpc) is 2.92. The predicted octanol–water partition coefficient (Wildman–Crippen LogP) is 3.90. The number of hydrogen-bond acceptors (Lipinski definition) is 6. The summed E-state index contributed by atoms with van der Waals surface area (Å²) in [5.74, 6) is -0.485. The van der Waals surface area contributed by atoms with Crippen molar-refractivity contribution in [3.05, 3.63) is 46.3 Å². The van der Waals surface area contributed by atoms with E-state index >= 15 is 0 Å². The van der Waals surface area contributed by atoms with Gasteiger partial charge in [0.1, 0.15) is 15.8 Å². The summed E-state index contributed by atoms with van der Waals surface area (Å²) in [4.78, 5) is 17.6. The lowest BCUT2D eigenvalue weighted by Gasteiger charge is -2.08. The highest BCUT2D eigenvalue weighted by atomic mass is 32.1. The molecule has 3 rings (SSSR count). The standard InChI is InChI=1S/C18H15N3O2S/c1-3-23-18(22)16-14(20)13-12(9-19)10(2)15(21-17(13)24-16)11-7-5-4-6-8-11/h4-8H,3,20H2,1-2H3. The van der Waals surface area contributed by atoms with E-state index < -0.39 is 5.97 Å². The molecule has 0 bridgehead atoms. The number of rotatable bonds is 3. The summed E-state index contributed by atoms with van der Waals surface area (Å²) in [6.07, 6.45) is 0. The molecule has 0 saturated heterocycles. The Balaban J connectivity index is 2.31. The van der Waals surface area contributed by atoms with Crippen LogP contribution in [0.2, 0.25) is 0 Å². The van der Waals surface area contributed by atoms with Gasteiger partial charge in [0, 0.05) is 5.56 Å². The molecule has 1 aromatic carbocycles. The van der Waals surface area contributed by atoms with Gasteiger partial charge >= 0.3 is 5.97 Å². The first-order valence-electron chi connectivity index (χ1n) is 7.43. The summed E-state index contributed by atoms with van der Waals surface area (Å²) in [6.45, 7) is 3.84. The molecule has 0 amide bonds. The second-order valence-corrected chi connectivity index (χ2v) is 6.18. The number of hydrogen-bond donors (Lipinski definition) is 1. The molecular formula is C18H15N3O2S. The smallest absolute Gasteiger partial charge is 0.350 e. The van der Waals surface area contributed by atoms with Crippen LogP contribution in [0.25, 0.3) is 21.5 Å². The molecule has 0 unspecified atom stereocenters. The van der Waals surface area contributed by atoms with Crippen LogP contribution >= 0.6 is 11.3 Å². The normalized spacial score (nSPS) is 10.5. The Bertz CT molecular complexity index is 972. The van der Waals surface area contributed by atoms with Crippen molar-refractivity contribution in [3.8, 4) is 17.3 Å². The molecule has 2 heterocycles. The van der Waals surface area contributed by atoms with E-state index in [4.69, 9.17) is 10.5 Å². The topological polar surface area (TPSA) is 89.0 Å². The fourth-order valence-corrected chi connectivity index (χ4v) is 3.61. The minimum Gasteiger partial charge on any atom is -0.462 e. The number of pyridine rings is 1. The monoisotopic (exact) mass is 337 g/mol. The van der Waals surface area contributed by atoms with Gasteiger partial charge in [0.05, 0.1) is 28.9 Å². The van der Waals surface area contributed by atoms with E-state index in [1.807, 2.05) is 37.3 Å². The number of benzene rings is 1. The van der Waals surface area contributed by atoms with Crippen LogP contribution in [0.4, 0.5) is 5.69 Å². The lowest BCUT2D eigenvalue weighted by atomic mass is 10.00. The Morgan fingerprint density at radius 3 is 2.71 bits per heavy atom. The van der Waals surface area contributed by atoms with E-state index in [-0.39, 0.29) is 12.3 Å². The van der Waals surface area contributed by atoms with E-state index in [9.17, 15) is 10.1 Å². The molecule has 0 atom stereocenters. The third kappa shape index (κ3) is 2.49. The van der Waals surface area contributed by atoms with Crippen LogP contribution < -0.4 is 5.73 Å². The number of ether oxygens (including phenoxy) is 1. The minimum atomic E-state index is -0.485. The van der Waals surface area contributed by atoms with E-state index in [1.54, 1.807) is 6.92 Å². The van der Waals surface area contributed by atoms with Gasteiger partial charge < -0.3 is 10.5 Å². The Labute approximate surface area is 143 Å². The van der Waals surface area contributed by atoms with Gasteiger partial charge in [0.15, 0.2) is 0 Å². The highest BCUT2D eigenvalue weighted by Crippen LogP contribution is 2.39. The summed E-state index contributed by atoms with van der Waals surface area (Å²) in [5, 5.41) is 10.1. The summed E-state index contributed by atoms with van der Waals surface area (Å²) in [7, 11) is 0. The van der Waals surface area contributed by atoms with Gasteiger partial charge in [0.2, 0.25) is 0 Å². The van der Waals surface area contributed by atoms with Crippen LogP contribution in [-0.2, 0) is 4.74 Å². The van der Waals surface area contributed by atoms with Crippen LogP contribution in [0.1, 0.15) is 27.7 Å². The second-order valence-electron chi connectivity index (χ2n) is 5.18. The summed E-state index contributed by atoms with van der Waals surface area (Å²) >= 11 is 1.16. The van der Waals surface area contributed by atoms with Gasteiger partial charge in [-0.2, -0.15) is 5.26 Å². The van der Waals surface area contributed by atoms with E-state index in [0.29, 0.717) is 20.7 Å². The largest absolute Gasteiger partial charge is 0.462 e. The van der Waals surface area contributed by atoms with Crippen molar-refractivity contribution in [1.29, 1.82) is 5.26 Å². The lowest BCUT2D eigenvalue weighted by molar-refractivity contribution is 0.0533. The lowest BCUT2D eigenvalue weighted by Crippen LogP contribution is -2.05. The van der Waals surface area contributed by atoms with Crippen LogP contribution in [0.5, 0.6) is 0 Å². The SMILES string of the molecule is CCOC(=O)c1sc2nc(-c3ccccc3)c(C)c(C#N)c2c1N. The zero-order valence-electron chi connectivity index (χ0n) is 13.3. The van der Waals surface area contributed by atoms with Crippen molar-refractivity contribution in [3.63, 3.8) is 0 Å². The molecule has 3 aromatic rings. The maximum Gasteiger partial charge on any atom is 0.350 e. The van der Waals surface area contributed by atoms with Crippen LogP contribution in [0.15, 0.2) is 30.3 Å². The number of nitriles is 1. The fraction of sp³-hybridized carbons (Fsp3) is 0.167. The molecule has 0 aliphatic rings. The number of carbonyl (C=O) groups excluding carboxylic acids is 1. The quantitative estimate of drug-likeness (QED) is 0.732. The average molecular weight is 337 g/mol. The van der Waals surface area contributed by atoms with Gasteiger partial charge in [-0.25, -0.2) is 9.78 Å². The van der Waals surface area contributed by atoms with E-state index in [0.717, 1.165) is 28.2 Å². The summed E-state index contributed by atoms with van der Waals surface area (Å²) in [5.41, 5.74) is 9.21. The van der Waals surface area contributed by atoms with Crippen molar-refractivity contribution < 1.29 is 9.53 Å². The molecule has 0 aliphatic carbocycles. The van der Waals surface area contributed by atoms with Crippen molar-refractivity contribution >= 4 is 33.2 Å². The van der Waals surface area contributed by atoms with E-state index in [1.165, 1.54) is 0 Å². The molecule has 0 fully saturated rings. The molecule has 2 aromatic heterocycles. The molecule has 0 aliphatic heterocycles. The van der Waals surface area contributed by atoms with Gasteiger partial charge in [-0.3, -0.25) is 0 Å². The zero-order chi connectivity index (χ0) is 17.3. The summed E-state index contributed by atoms with van der Waals surface area (Å²) in [6, 6.07) is 11.8. The van der Waals surface area contributed by atoms with Crippen LogP contribution in [0.3, 0.4) is 0 Å². The van der Waals surface area contributed by atoms with Gasteiger partial charge in [-0.15, -0.1) is 11.3 Å². The Kier molecular flexibility index (Phi) is 4.19. The van der Waals surface area contributed by atoms with Gasteiger partial charge in [-0.1, -0.05) is 30.3 Å². The first kappa shape index (κ1) is 16.0. The molecule has 5 nitrogen and oxygen atoms in total. The second kappa shape index (κ2) is 6.30. The number of aromatic nitrogens is 1. The highest BCUT2D eigenvalue weighted by molar-refractivity contribution is 7.21. The number of thiophene rings is 1. The maximum atomic E-state index is 12.1. The zero-order valence-corrected chi connectivity index (χ0v) is 14.1. The highest BCUT2D eigenvalue weighted by Gasteiger charge is 2.23. The fourth-order valence-electron chi connectivity index (χ4n) is 2.61. The molecule has 6 heteroatoms. The van der Waals surface area contributed by atoms with Crippen molar-refractivity contribution in [2.45, 2.75) is 13.8 Å². The van der Waals surface area contributed by atoms with Crippen molar-refractivity contribution in [2.75, 3.05) is 12.3 Å². The third-order valence-electron chi connectivity index (χ3n) is 3.74. The van der Waals surface area contributed by atoms with Crippen LogP contribution in [-0.4, -0.2) is 17.6 Å². The van der Waals surface area contributed by atoms with Gasteiger partial charge in [-0.05, 0) is 19.4 Å². The minimum absolute atomic E-state index is 0.263. The Morgan fingerprint density at radius 2 is 2.08 bits per heavy atom. The molecule has 0 radical (unpaired) electrons. The molecule has 0 saturated carbocycles. The number of anilines is 1. The number of nitrogens with two attached hydrogens (primary N) is 1.